The number of halogens is 1. The van der Waals surface area contributed by atoms with Gasteiger partial charge in [0.25, 0.3) is 0 Å². The van der Waals surface area contributed by atoms with Crippen LogP contribution in [0.15, 0.2) is 24.3 Å². The normalized spacial score (nSPS) is 15.3. The third kappa shape index (κ3) is 5.58. The number of hydrogen-bond acceptors (Lipinski definition) is 3. The number of carbonyl (C=O) groups excluding carboxylic acids is 1. The standard InChI is InChI=1S/C16H23FN2O3S/c1-23(21,22)19(12-8-14-4-6-15(17)7-5-14)13-9-16(20)18-10-2-3-11-18/h4-7H,2-3,8-13H2,1H3. The minimum absolute atomic E-state index is 0.0120. The fourth-order valence-electron chi connectivity index (χ4n) is 2.69. The summed E-state index contributed by atoms with van der Waals surface area (Å²) in [4.78, 5) is 13.8. The number of nitrogens with zero attached hydrogens (tertiary/aromatic N) is 2. The molecule has 0 bridgehead atoms. The summed E-state index contributed by atoms with van der Waals surface area (Å²) in [5, 5.41) is 0. The molecule has 128 valence electrons. The third-order valence-corrected chi connectivity index (χ3v) is 5.37. The predicted molar refractivity (Wildman–Crippen MR) is 87.0 cm³/mol. The Morgan fingerprint density at radius 2 is 1.78 bits per heavy atom. The van der Waals surface area contributed by atoms with Crippen LogP contribution in [0.1, 0.15) is 24.8 Å². The molecule has 0 unspecified atom stereocenters. The highest BCUT2D eigenvalue weighted by molar-refractivity contribution is 7.88. The first-order valence-electron chi connectivity index (χ1n) is 7.83. The topological polar surface area (TPSA) is 57.7 Å². The van der Waals surface area contributed by atoms with E-state index in [0.29, 0.717) is 6.42 Å². The summed E-state index contributed by atoms with van der Waals surface area (Å²) in [7, 11) is -3.37. The average molecular weight is 342 g/mol. The summed E-state index contributed by atoms with van der Waals surface area (Å²) >= 11 is 0. The zero-order valence-electron chi connectivity index (χ0n) is 13.4. The molecule has 0 spiro atoms. The van der Waals surface area contributed by atoms with Gasteiger partial charge in [-0.25, -0.2) is 17.1 Å². The Labute approximate surface area is 137 Å². The molecule has 1 aliphatic rings. The van der Waals surface area contributed by atoms with E-state index in [-0.39, 0.29) is 31.2 Å². The highest BCUT2D eigenvalue weighted by Crippen LogP contribution is 2.11. The minimum atomic E-state index is -3.37. The van der Waals surface area contributed by atoms with Gasteiger partial charge in [0.1, 0.15) is 5.82 Å². The number of amides is 1. The largest absolute Gasteiger partial charge is 0.343 e. The Hall–Kier alpha value is -1.47. The maximum Gasteiger partial charge on any atom is 0.223 e. The number of hydrogen-bond donors (Lipinski definition) is 0. The molecule has 0 aliphatic carbocycles. The Bertz CT molecular complexity index is 625. The number of likely N-dealkylation sites (tertiary alicyclic amines) is 1. The predicted octanol–water partition coefficient (Wildman–Crippen LogP) is 1.64. The highest BCUT2D eigenvalue weighted by Gasteiger charge is 2.21. The van der Waals surface area contributed by atoms with Crippen molar-refractivity contribution >= 4 is 15.9 Å². The maximum absolute atomic E-state index is 12.9. The first-order valence-corrected chi connectivity index (χ1v) is 9.68. The molecule has 1 fully saturated rings. The van der Waals surface area contributed by atoms with E-state index in [9.17, 15) is 17.6 Å². The van der Waals surface area contributed by atoms with E-state index in [1.54, 1.807) is 17.0 Å². The number of carbonyl (C=O) groups is 1. The Morgan fingerprint density at radius 3 is 2.35 bits per heavy atom. The van der Waals surface area contributed by atoms with Gasteiger partial charge in [-0.1, -0.05) is 12.1 Å². The van der Waals surface area contributed by atoms with E-state index in [4.69, 9.17) is 0 Å². The van der Waals surface area contributed by atoms with E-state index in [1.807, 2.05) is 0 Å². The second kappa shape index (κ2) is 7.88. The van der Waals surface area contributed by atoms with E-state index in [0.717, 1.165) is 37.8 Å². The van der Waals surface area contributed by atoms with Crippen molar-refractivity contribution in [1.82, 2.24) is 9.21 Å². The van der Waals surface area contributed by atoms with Crippen LogP contribution in [0.3, 0.4) is 0 Å². The van der Waals surface area contributed by atoms with Crippen LogP contribution in [0.4, 0.5) is 4.39 Å². The van der Waals surface area contributed by atoms with Crippen LogP contribution in [0.25, 0.3) is 0 Å². The first-order chi connectivity index (χ1) is 10.9. The molecule has 1 aromatic carbocycles. The molecule has 1 aromatic rings. The van der Waals surface area contributed by atoms with Gasteiger partial charge in [-0.05, 0) is 37.0 Å². The Kier molecular flexibility index (Phi) is 6.12. The maximum atomic E-state index is 12.9. The summed E-state index contributed by atoms with van der Waals surface area (Å²) in [5.74, 6) is -0.303. The van der Waals surface area contributed by atoms with E-state index in [2.05, 4.69) is 0 Å². The second-order valence-corrected chi connectivity index (χ2v) is 7.86. The lowest BCUT2D eigenvalue weighted by Gasteiger charge is -2.21. The number of sulfonamides is 1. The summed E-state index contributed by atoms with van der Waals surface area (Å²) in [6.07, 6.45) is 3.89. The van der Waals surface area contributed by atoms with Gasteiger partial charge in [-0.2, -0.15) is 0 Å². The van der Waals surface area contributed by atoms with Crippen LogP contribution in [0, 0.1) is 5.82 Å². The molecule has 0 aromatic heterocycles. The van der Waals surface area contributed by atoms with Gasteiger partial charge in [0.2, 0.25) is 15.9 Å². The van der Waals surface area contributed by atoms with Crippen molar-refractivity contribution in [1.29, 1.82) is 0 Å². The average Bonchev–Trinajstić information content (AvgIpc) is 3.01. The molecular weight excluding hydrogens is 319 g/mol. The number of benzene rings is 1. The zero-order valence-corrected chi connectivity index (χ0v) is 14.2. The van der Waals surface area contributed by atoms with Crippen molar-refractivity contribution in [2.45, 2.75) is 25.7 Å². The lowest BCUT2D eigenvalue weighted by molar-refractivity contribution is -0.130. The van der Waals surface area contributed by atoms with Gasteiger partial charge in [0.15, 0.2) is 0 Å². The van der Waals surface area contributed by atoms with Gasteiger partial charge in [0, 0.05) is 32.6 Å². The summed E-state index contributed by atoms with van der Waals surface area (Å²) in [6.45, 7) is 2.02. The van der Waals surface area contributed by atoms with Crippen LogP contribution >= 0.6 is 0 Å². The van der Waals surface area contributed by atoms with Gasteiger partial charge in [-0.3, -0.25) is 4.79 Å². The van der Waals surface area contributed by atoms with Gasteiger partial charge < -0.3 is 4.90 Å². The summed E-state index contributed by atoms with van der Waals surface area (Å²) in [6, 6.07) is 6.00. The molecule has 1 amide bonds. The minimum Gasteiger partial charge on any atom is -0.343 e. The quantitative estimate of drug-likeness (QED) is 0.757. The van der Waals surface area contributed by atoms with E-state index in [1.165, 1.54) is 16.4 Å². The molecule has 23 heavy (non-hydrogen) atoms. The van der Waals surface area contributed by atoms with Crippen LogP contribution in [-0.2, 0) is 21.2 Å². The smallest absolute Gasteiger partial charge is 0.223 e. The van der Waals surface area contributed by atoms with Crippen LogP contribution in [-0.4, -0.2) is 56.0 Å². The molecular formula is C16H23FN2O3S. The van der Waals surface area contributed by atoms with Crippen LogP contribution in [0.2, 0.25) is 0 Å². The van der Waals surface area contributed by atoms with Gasteiger partial charge in [-0.15, -0.1) is 0 Å². The molecule has 0 atom stereocenters. The van der Waals surface area contributed by atoms with Crippen molar-refractivity contribution < 1.29 is 17.6 Å². The van der Waals surface area contributed by atoms with Crippen molar-refractivity contribution in [2.75, 3.05) is 32.4 Å². The fourth-order valence-corrected chi connectivity index (χ4v) is 3.54. The first kappa shape index (κ1) is 17.9. The molecule has 5 nitrogen and oxygen atoms in total. The Balaban J connectivity index is 1.89. The lowest BCUT2D eigenvalue weighted by atomic mass is 10.1. The van der Waals surface area contributed by atoms with Crippen LogP contribution in [0.5, 0.6) is 0 Å². The molecule has 2 rings (SSSR count). The Morgan fingerprint density at radius 1 is 1.17 bits per heavy atom. The van der Waals surface area contributed by atoms with Crippen molar-refractivity contribution in [3.8, 4) is 0 Å². The van der Waals surface area contributed by atoms with Crippen LogP contribution < -0.4 is 0 Å². The molecule has 7 heteroatoms. The fraction of sp³-hybridized carbons (Fsp3) is 0.562. The third-order valence-electron chi connectivity index (χ3n) is 4.07. The summed E-state index contributed by atoms with van der Waals surface area (Å²) in [5.41, 5.74) is 0.867. The molecule has 1 heterocycles. The van der Waals surface area contributed by atoms with Crippen molar-refractivity contribution in [3.63, 3.8) is 0 Å². The molecule has 0 N–H and O–H groups in total. The lowest BCUT2D eigenvalue weighted by Crippen LogP contribution is -2.36. The van der Waals surface area contributed by atoms with Gasteiger partial charge >= 0.3 is 0 Å². The second-order valence-electron chi connectivity index (χ2n) is 5.88. The monoisotopic (exact) mass is 342 g/mol. The molecule has 0 saturated carbocycles. The van der Waals surface area contributed by atoms with E-state index >= 15 is 0 Å². The molecule has 1 aliphatic heterocycles. The highest BCUT2D eigenvalue weighted by atomic mass is 32.2. The SMILES string of the molecule is CS(=O)(=O)N(CCC(=O)N1CCCC1)CCc1ccc(F)cc1. The number of rotatable bonds is 7. The zero-order chi connectivity index (χ0) is 16.9. The molecule has 0 radical (unpaired) electrons. The van der Waals surface area contributed by atoms with Crippen molar-refractivity contribution in [2.24, 2.45) is 0 Å². The molecule has 1 saturated heterocycles. The van der Waals surface area contributed by atoms with Gasteiger partial charge in [0.05, 0.1) is 6.26 Å². The van der Waals surface area contributed by atoms with Crippen molar-refractivity contribution in [3.05, 3.63) is 35.6 Å². The summed E-state index contributed by atoms with van der Waals surface area (Å²) < 4.78 is 38.0. The van der Waals surface area contributed by atoms with E-state index < -0.39 is 10.0 Å².